The monoisotopic (exact) mass is 295 g/mol. The van der Waals surface area contributed by atoms with Crippen LogP contribution in [-0.4, -0.2) is 42.2 Å². The van der Waals surface area contributed by atoms with E-state index in [2.05, 4.69) is 31.1 Å². The molecule has 0 radical (unpaired) electrons. The minimum atomic E-state index is -1.02. The topological polar surface area (TPSA) is 148 Å². The van der Waals surface area contributed by atoms with E-state index in [1.165, 1.54) is 10.9 Å². The second-order valence-electron chi connectivity index (χ2n) is 4.07. The number of carbonyl (C=O) groups excluding carboxylic acids is 1. The third-order valence-electron chi connectivity index (χ3n) is 2.28. The highest BCUT2D eigenvalue weighted by Crippen LogP contribution is 1.95. The largest absolute Gasteiger partial charge is 0.480 e. The van der Waals surface area contributed by atoms with Gasteiger partial charge >= 0.3 is 12.0 Å². The zero-order valence-electron chi connectivity index (χ0n) is 11.1. The minimum absolute atomic E-state index is 0.110. The molecule has 2 heterocycles. The molecule has 2 aromatic heterocycles. The number of aryl methyl sites for hydroxylation is 1. The first-order chi connectivity index (χ1) is 10.0. The quantitative estimate of drug-likeness (QED) is 0.618. The Kier molecular flexibility index (Phi) is 4.43. The van der Waals surface area contributed by atoms with Gasteiger partial charge in [0.05, 0.1) is 19.3 Å². The minimum Gasteiger partial charge on any atom is -0.480 e. The number of urea groups is 1. The number of carboxylic acid groups (broad SMARTS) is 1. The van der Waals surface area contributed by atoms with Gasteiger partial charge in [0, 0.05) is 0 Å². The van der Waals surface area contributed by atoms with Crippen LogP contribution in [0.5, 0.6) is 0 Å². The lowest BCUT2D eigenvalue weighted by molar-refractivity contribution is -0.137. The summed E-state index contributed by atoms with van der Waals surface area (Å²) in [5, 5.41) is 24.6. The van der Waals surface area contributed by atoms with Gasteiger partial charge in [-0.3, -0.25) is 4.79 Å². The number of aliphatic carboxylic acids is 1. The number of rotatable bonds is 6. The third kappa shape index (κ3) is 4.56. The fourth-order valence-corrected chi connectivity index (χ4v) is 1.44. The molecule has 0 aliphatic heterocycles. The van der Waals surface area contributed by atoms with Crippen LogP contribution in [0.2, 0.25) is 0 Å². The van der Waals surface area contributed by atoms with Crippen molar-refractivity contribution in [2.45, 2.75) is 26.6 Å². The molecule has 112 valence electrons. The van der Waals surface area contributed by atoms with Gasteiger partial charge in [-0.25, -0.2) is 9.48 Å². The van der Waals surface area contributed by atoms with Crippen LogP contribution in [0.4, 0.5) is 4.79 Å². The van der Waals surface area contributed by atoms with Gasteiger partial charge in [-0.1, -0.05) is 10.4 Å². The summed E-state index contributed by atoms with van der Waals surface area (Å²) in [6.07, 6.45) is 1.44. The number of nitrogens with zero attached hydrogens (tertiary/aromatic N) is 5. The standard InChI is InChI=1S/C10H13N7O4/c1-6-13-8(21-15-6)3-12-10(20)11-2-7-4-17(16-14-7)5-9(18)19/h4H,2-3,5H2,1H3,(H,18,19)(H2,11,12,20). The van der Waals surface area contributed by atoms with Crippen molar-refractivity contribution in [1.29, 1.82) is 0 Å². The summed E-state index contributed by atoms with van der Waals surface area (Å²) < 4.78 is 6.00. The fraction of sp³-hybridized carbons (Fsp3) is 0.400. The Hall–Kier alpha value is -2.98. The van der Waals surface area contributed by atoms with Gasteiger partial charge in [0.1, 0.15) is 12.2 Å². The lowest BCUT2D eigenvalue weighted by atomic mass is 10.4. The van der Waals surface area contributed by atoms with Crippen molar-refractivity contribution in [3.05, 3.63) is 23.6 Å². The summed E-state index contributed by atoms with van der Waals surface area (Å²) >= 11 is 0. The fourth-order valence-electron chi connectivity index (χ4n) is 1.44. The first-order valence-electron chi connectivity index (χ1n) is 5.94. The van der Waals surface area contributed by atoms with E-state index in [1.807, 2.05) is 0 Å². The summed E-state index contributed by atoms with van der Waals surface area (Å²) in [5.74, 6) is -0.232. The van der Waals surface area contributed by atoms with Crippen molar-refractivity contribution >= 4 is 12.0 Å². The molecular weight excluding hydrogens is 282 g/mol. The molecule has 0 atom stereocenters. The number of carboxylic acids is 1. The SMILES string of the molecule is Cc1noc(CNC(=O)NCc2cn(CC(=O)O)nn2)n1. The van der Waals surface area contributed by atoms with Crippen LogP contribution < -0.4 is 10.6 Å². The normalized spacial score (nSPS) is 10.3. The number of aromatic nitrogens is 5. The maximum absolute atomic E-state index is 11.5. The highest BCUT2D eigenvalue weighted by atomic mass is 16.5. The van der Waals surface area contributed by atoms with Crippen molar-refractivity contribution in [2.75, 3.05) is 0 Å². The zero-order chi connectivity index (χ0) is 15.2. The van der Waals surface area contributed by atoms with Gasteiger partial charge in [0.15, 0.2) is 5.82 Å². The summed E-state index contributed by atoms with van der Waals surface area (Å²) in [4.78, 5) is 25.9. The Balaban J connectivity index is 1.73. The Bertz CT molecular complexity index is 635. The molecule has 0 spiro atoms. The molecule has 0 saturated carbocycles. The second-order valence-corrected chi connectivity index (χ2v) is 4.07. The number of nitrogens with one attached hydrogen (secondary N) is 2. The average molecular weight is 295 g/mol. The average Bonchev–Trinajstić information content (AvgIpc) is 3.02. The van der Waals surface area contributed by atoms with Crippen LogP contribution in [0.25, 0.3) is 0 Å². The Labute approximate surface area is 118 Å². The van der Waals surface area contributed by atoms with Gasteiger partial charge in [-0.15, -0.1) is 5.10 Å². The van der Waals surface area contributed by atoms with Crippen LogP contribution in [-0.2, 0) is 24.4 Å². The Morgan fingerprint density at radius 3 is 2.81 bits per heavy atom. The molecule has 0 aliphatic rings. The summed E-state index contributed by atoms with van der Waals surface area (Å²) in [6, 6.07) is -0.446. The van der Waals surface area contributed by atoms with Crippen LogP contribution in [0.3, 0.4) is 0 Å². The number of carbonyl (C=O) groups is 2. The summed E-state index contributed by atoms with van der Waals surface area (Å²) in [6.45, 7) is 1.62. The van der Waals surface area contributed by atoms with E-state index in [0.29, 0.717) is 17.4 Å². The first kappa shape index (κ1) is 14.4. The van der Waals surface area contributed by atoms with Crippen LogP contribution in [0, 0.1) is 6.92 Å². The summed E-state index contributed by atoms with van der Waals surface area (Å²) in [7, 11) is 0. The molecule has 0 saturated heterocycles. The maximum atomic E-state index is 11.5. The smallest absolute Gasteiger partial charge is 0.325 e. The molecule has 21 heavy (non-hydrogen) atoms. The molecule has 3 N–H and O–H groups in total. The van der Waals surface area contributed by atoms with Gasteiger partial charge in [-0.05, 0) is 6.92 Å². The van der Waals surface area contributed by atoms with E-state index in [0.717, 1.165) is 0 Å². The molecule has 11 heteroatoms. The molecule has 0 aromatic carbocycles. The van der Waals surface area contributed by atoms with Crippen molar-refractivity contribution in [2.24, 2.45) is 0 Å². The maximum Gasteiger partial charge on any atom is 0.325 e. The van der Waals surface area contributed by atoms with Crippen LogP contribution in [0.1, 0.15) is 17.4 Å². The summed E-state index contributed by atoms with van der Waals surface area (Å²) in [5.41, 5.74) is 0.444. The van der Waals surface area contributed by atoms with Crippen molar-refractivity contribution < 1.29 is 19.2 Å². The van der Waals surface area contributed by atoms with E-state index in [-0.39, 0.29) is 19.6 Å². The predicted molar refractivity (Wildman–Crippen MR) is 65.8 cm³/mol. The van der Waals surface area contributed by atoms with Gasteiger partial charge in [0.25, 0.3) is 0 Å². The molecule has 2 rings (SSSR count). The Morgan fingerprint density at radius 2 is 2.14 bits per heavy atom. The first-order valence-corrected chi connectivity index (χ1v) is 5.94. The molecular formula is C10H13N7O4. The second kappa shape index (κ2) is 6.45. The van der Waals surface area contributed by atoms with E-state index in [4.69, 9.17) is 9.63 Å². The molecule has 2 amide bonds. The molecule has 11 nitrogen and oxygen atoms in total. The van der Waals surface area contributed by atoms with E-state index in [1.54, 1.807) is 6.92 Å². The van der Waals surface area contributed by atoms with Crippen LogP contribution in [0.15, 0.2) is 10.7 Å². The number of amides is 2. The lowest BCUT2D eigenvalue weighted by Gasteiger charge is -2.03. The third-order valence-corrected chi connectivity index (χ3v) is 2.28. The molecule has 0 fully saturated rings. The molecule has 0 bridgehead atoms. The van der Waals surface area contributed by atoms with E-state index >= 15 is 0 Å². The van der Waals surface area contributed by atoms with Crippen molar-refractivity contribution in [1.82, 2.24) is 35.8 Å². The van der Waals surface area contributed by atoms with Crippen molar-refractivity contribution in [3.8, 4) is 0 Å². The molecule has 0 aliphatic carbocycles. The predicted octanol–water partition coefficient (Wildman–Crippen LogP) is -0.946. The zero-order valence-corrected chi connectivity index (χ0v) is 11.1. The van der Waals surface area contributed by atoms with Crippen molar-refractivity contribution in [3.63, 3.8) is 0 Å². The molecule has 0 unspecified atom stereocenters. The van der Waals surface area contributed by atoms with E-state index < -0.39 is 12.0 Å². The van der Waals surface area contributed by atoms with E-state index in [9.17, 15) is 9.59 Å². The lowest BCUT2D eigenvalue weighted by Crippen LogP contribution is -2.34. The van der Waals surface area contributed by atoms with Crippen LogP contribution >= 0.6 is 0 Å². The number of hydrogen-bond donors (Lipinski definition) is 3. The Morgan fingerprint density at radius 1 is 1.38 bits per heavy atom. The van der Waals surface area contributed by atoms with Gasteiger partial charge < -0.3 is 20.3 Å². The number of hydrogen-bond acceptors (Lipinski definition) is 7. The highest BCUT2D eigenvalue weighted by Gasteiger charge is 2.08. The van der Waals surface area contributed by atoms with Gasteiger partial charge in [-0.2, -0.15) is 4.98 Å². The molecule has 2 aromatic rings. The highest BCUT2D eigenvalue weighted by molar-refractivity contribution is 5.73. The van der Waals surface area contributed by atoms with Gasteiger partial charge in [0.2, 0.25) is 5.89 Å².